The predicted molar refractivity (Wildman–Crippen MR) is 95.8 cm³/mol. The summed E-state index contributed by atoms with van der Waals surface area (Å²) in [5.74, 6) is -0.384. The number of rotatable bonds is 4. The lowest BCUT2D eigenvalue weighted by atomic mass is 9.95. The standard InChI is InChI=1S/C19H16BrNO2/c1-2-23-19(22)18-15(12-20)17(13-8-4-3-5-9-13)14-10-6-7-11-16(14)21-18/h3-11H,2,12H2,1H3. The quantitative estimate of drug-likeness (QED) is 0.481. The Morgan fingerprint density at radius 1 is 1.09 bits per heavy atom. The highest BCUT2D eigenvalue weighted by atomic mass is 79.9. The summed E-state index contributed by atoms with van der Waals surface area (Å²) in [6, 6.07) is 17.9. The third-order valence-electron chi connectivity index (χ3n) is 3.66. The van der Waals surface area contributed by atoms with Gasteiger partial charge < -0.3 is 4.74 Å². The molecule has 0 spiro atoms. The highest BCUT2D eigenvalue weighted by Crippen LogP contribution is 2.34. The molecule has 0 fully saturated rings. The van der Waals surface area contributed by atoms with E-state index in [0.717, 1.165) is 27.6 Å². The van der Waals surface area contributed by atoms with E-state index >= 15 is 0 Å². The van der Waals surface area contributed by atoms with Crippen molar-refractivity contribution in [1.82, 2.24) is 4.98 Å². The third-order valence-corrected chi connectivity index (χ3v) is 4.22. The van der Waals surface area contributed by atoms with Crippen LogP contribution in [0.5, 0.6) is 0 Å². The van der Waals surface area contributed by atoms with Gasteiger partial charge in [-0.3, -0.25) is 0 Å². The van der Waals surface area contributed by atoms with Crippen molar-refractivity contribution in [2.45, 2.75) is 12.3 Å². The summed E-state index contributed by atoms with van der Waals surface area (Å²) in [6.07, 6.45) is 0. The Morgan fingerprint density at radius 2 is 1.78 bits per heavy atom. The lowest BCUT2D eigenvalue weighted by Gasteiger charge is -2.15. The van der Waals surface area contributed by atoms with Crippen LogP contribution >= 0.6 is 15.9 Å². The lowest BCUT2D eigenvalue weighted by Crippen LogP contribution is -2.11. The number of benzene rings is 2. The summed E-state index contributed by atoms with van der Waals surface area (Å²) < 4.78 is 5.19. The first-order valence-electron chi connectivity index (χ1n) is 7.46. The summed E-state index contributed by atoms with van der Waals surface area (Å²) in [5.41, 5.74) is 4.11. The molecule has 3 rings (SSSR count). The molecule has 0 radical (unpaired) electrons. The fraction of sp³-hybridized carbons (Fsp3) is 0.158. The molecule has 116 valence electrons. The minimum absolute atomic E-state index is 0.329. The van der Waals surface area contributed by atoms with Gasteiger partial charge in [-0.25, -0.2) is 9.78 Å². The molecule has 0 saturated heterocycles. The number of para-hydroxylation sites is 1. The number of alkyl halides is 1. The Labute approximate surface area is 143 Å². The molecule has 0 aliphatic carbocycles. The minimum atomic E-state index is -0.384. The zero-order valence-corrected chi connectivity index (χ0v) is 14.3. The average molecular weight is 370 g/mol. The first-order chi connectivity index (χ1) is 11.3. The minimum Gasteiger partial charge on any atom is -0.461 e. The third kappa shape index (κ3) is 2.99. The van der Waals surface area contributed by atoms with E-state index in [4.69, 9.17) is 4.74 Å². The molecule has 0 aliphatic rings. The van der Waals surface area contributed by atoms with Crippen molar-refractivity contribution in [2.75, 3.05) is 6.61 Å². The van der Waals surface area contributed by atoms with E-state index in [1.165, 1.54) is 0 Å². The van der Waals surface area contributed by atoms with Gasteiger partial charge in [0.25, 0.3) is 0 Å². The second-order valence-electron chi connectivity index (χ2n) is 5.05. The molecular weight excluding hydrogens is 354 g/mol. The number of hydrogen-bond acceptors (Lipinski definition) is 3. The molecule has 0 aliphatic heterocycles. The monoisotopic (exact) mass is 369 g/mol. The Balaban J connectivity index is 2.37. The summed E-state index contributed by atoms with van der Waals surface area (Å²) >= 11 is 3.51. The fourth-order valence-electron chi connectivity index (χ4n) is 2.68. The van der Waals surface area contributed by atoms with Crippen LogP contribution in [-0.4, -0.2) is 17.6 Å². The highest BCUT2D eigenvalue weighted by molar-refractivity contribution is 9.08. The average Bonchev–Trinajstić information content (AvgIpc) is 2.61. The molecule has 0 bridgehead atoms. The number of carbonyl (C=O) groups excluding carboxylic acids is 1. The van der Waals surface area contributed by atoms with Crippen molar-refractivity contribution in [1.29, 1.82) is 0 Å². The van der Waals surface area contributed by atoms with Crippen molar-refractivity contribution in [3.63, 3.8) is 0 Å². The van der Waals surface area contributed by atoms with Crippen LogP contribution in [0.3, 0.4) is 0 Å². The van der Waals surface area contributed by atoms with Gasteiger partial charge in [0.1, 0.15) is 0 Å². The van der Waals surface area contributed by atoms with Crippen molar-refractivity contribution in [2.24, 2.45) is 0 Å². The van der Waals surface area contributed by atoms with Gasteiger partial charge in [0, 0.05) is 16.3 Å². The molecular formula is C19H16BrNO2. The largest absolute Gasteiger partial charge is 0.461 e. The Morgan fingerprint density at radius 3 is 2.48 bits per heavy atom. The van der Waals surface area contributed by atoms with Crippen molar-refractivity contribution >= 4 is 32.8 Å². The first kappa shape index (κ1) is 15.7. The number of carbonyl (C=O) groups is 1. The molecule has 1 heterocycles. The Kier molecular flexibility index (Phi) is 4.72. The number of nitrogens with zero attached hydrogens (tertiary/aromatic N) is 1. The zero-order chi connectivity index (χ0) is 16.2. The summed E-state index contributed by atoms with van der Waals surface area (Å²) in [6.45, 7) is 2.13. The van der Waals surface area contributed by atoms with Crippen LogP contribution in [0.1, 0.15) is 23.0 Å². The van der Waals surface area contributed by atoms with E-state index in [0.29, 0.717) is 17.6 Å². The van der Waals surface area contributed by atoms with E-state index in [1.54, 1.807) is 6.92 Å². The maximum Gasteiger partial charge on any atom is 0.357 e. The van der Waals surface area contributed by atoms with Crippen LogP contribution in [0, 0.1) is 0 Å². The van der Waals surface area contributed by atoms with E-state index in [2.05, 4.69) is 20.9 Å². The van der Waals surface area contributed by atoms with Gasteiger partial charge in [-0.05, 0) is 24.1 Å². The van der Waals surface area contributed by atoms with Crippen molar-refractivity contribution < 1.29 is 9.53 Å². The summed E-state index contributed by atoms with van der Waals surface area (Å²) in [5, 5.41) is 1.56. The maximum atomic E-state index is 12.3. The highest BCUT2D eigenvalue weighted by Gasteiger charge is 2.21. The van der Waals surface area contributed by atoms with E-state index in [-0.39, 0.29) is 5.97 Å². The summed E-state index contributed by atoms with van der Waals surface area (Å²) in [4.78, 5) is 16.9. The number of hydrogen-bond donors (Lipinski definition) is 0. The van der Waals surface area contributed by atoms with Gasteiger partial charge in [-0.15, -0.1) is 0 Å². The Hall–Kier alpha value is -2.20. The van der Waals surface area contributed by atoms with Crippen molar-refractivity contribution in [3.05, 3.63) is 65.9 Å². The van der Waals surface area contributed by atoms with Crippen molar-refractivity contribution in [3.8, 4) is 11.1 Å². The predicted octanol–water partition coefficient (Wildman–Crippen LogP) is 4.97. The van der Waals surface area contributed by atoms with Gasteiger partial charge in [0.2, 0.25) is 0 Å². The lowest BCUT2D eigenvalue weighted by molar-refractivity contribution is 0.0519. The first-order valence-corrected chi connectivity index (χ1v) is 8.58. The van der Waals surface area contributed by atoms with Gasteiger partial charge in [0.15, 0.2) is 5.69 Å². The van der Waals surface area contributed by atoms with Gasteiger partial charge >= 0.3 is 5.97 Å². The van der Waals surface area contributed by atoms with Crippen LogP contribution < -0.4 is 0 Å². The number of ether oxygens (including phenoxy) is 1. The smallest absolute Gasteiger partial charge is 0.357 e. The zero-order valence-electron chi connectivity index (χ0n) is 12.8. The van der Waals surface area contributed by atoms with Crippen LogP contribution in [-0.2, 0) is 10.1 Å². The fourth-order valence-corrected chi connectivity index (χ4v) is 3.23. The molecule has 0 amide bonds. The molecule has 4 heteroatoms. The topological polar surface area (TPSA) is 39.2 Å². The molecule has 0 unspecified atom stereocenters. The van der Waals surface area contributed by atoms with Crippen LogP contribution in [0.25, 0.3) is 22.0 Å². The second kappa shape index (κ2) is 6.92. The molecule has 1 aromatic heterocycles. The van der Waals surface area contributed by atoms with Crippen LogP contribution in [0.4, 0.5) is 0 Å². The normalized spacial score (nSPS) is 10.7. The number of pyridine rings is 1. The molecule has 3 aromatic rings. The van der Waals surface area contributed by atoms with E-state index < -0.39 is 0 Å². The van der Waals surface area contributed by atoms with Crippen LogP contribution in [0.2, 0.25) is 0 Å². The number of aromatic nitrogens is 1. The van der Waals surface area contributed by atoms with E-state index in [9.17, 15) is 4.79 Å². The van der Waals surface area contributed by atoms with Gasteiger partial charge in [-0.2, -0.15) is 0 Å². The number of esters is 1. The maximum absolute atomic E-state index is 12.3. The van der Waals surface area contributed by atoms with Gasteiger partial charge in [-0.1, -0.05) is 64.5 Å². The number of fused-ring (bicyclic) bond motifs is 1. The number of halogens is 1. The SMILES string of the molecule is CCOC(=O)c1nc2ccccc2c(-c2ccccc2)c1CBr. The molecule has 23 heavy (non-hydrogen) atoms. The Bertz CT molecular complexity index is 847. The van der Waals surface area contributed by atoms with E-state index in [1.807, 2.05) is 54.6 Å². The summed E-state index contributed by atoms with van der Waals surface area (Å²) in [7, 11) is 0. The van der Waals surface area contributed by atoms with Gasteiger partial charge in [0.05, 0.1) is 12.1 Å². The second-order valence-corrected chi connectivity index (χ2v) is 5.61. The molecule has 0 atom stereocenters. The molecule has 0 N–H and O–H groups in total. The molecule has 0 saturated carbocycles. The van der Waals surface area contributed by atoms with Crippen LogP contribution in [0.15, 0.2) is 54.6 Å². The molecule has 2 aromatic carbocycles. The molecule has 3 nitrogen and oxygen atoms in total.